The van der Waals surface area contributed by atoms with E-state index < -0.39 is 11.9 Å². The molecule has 0 fully saturated rings. The van der Waals surface area contributed by atoms with E-state index in [4.69, 9.17) is 10.5 Å². The Labute approximate surface area is 144 Å². The number of aromatic nitrogens is 1. The molecule has 0 aliphatic heterocycles. The number of amides is 1. The van der Waals surface area contributed by atoms with Crippen molar-refractivity contribution < 1.29 is 19.1 Å². The third kappa shape index (κ3) is 3.30. The van der Waals surface area contributed by atoms with Gasteiger partial charge in [0, 0.05) is 9.77 Å². The summed E-state index contributed by atoms with van der Waals surface area (Å²) in [4.78, 5) is 28.2. The number of ether oxygens (including phenoxy) is 2. The Morgan fingerprint density at radius 2 is 2.14 bits per heavy atom. The van der Waals surface area contributed by atoms with Crippen LogP contribution in [-0.4, -0.2) is 31.1 Å². The van der Waals surface area contributed by atoms with Gasteiger partial charge in [-0.15, -0.1) is 11.3 Å². The van der Waals surface area contributed by atoms with Gasteiger partial charge in [-0.1, -0.05) is 0 Å². The Balaban J connectivity index is 2.30. The van der Waals surface area contributed by atoms with E-state index in [2.05, 4.69) is 15.0 Å². The fraction of sp³-hybridized carbons (Fsp3) is 0.154. The minimum Gasteiger partial charge on any atom is -0.480 e. The van der Waals surface area contributed by atoms with Crippen LogP contribution in [0.3, 0.4) is 0 Å². The summed E-state index contributed by atoms with van der Waals surface area (Å²) >= 11 is 3.05. The number of pyridine rings is 1. The molecule has 2 rings (SSSR count). The SMILES string of the molecule is COC(=O)c1cc(NC(=O)c2c(I)ccnc2OC)c(N)s1. The predicted molar refractivity (Wildman–Crippen MR) is 91.5 cm³/mol. The molecule has 0 radical (unpaired) electrons. The summed E-state index contributed by atoms with van der Waals surface area (Å²) in [5.74, 6) is -0.715. The van der Waals surface area contributed by atoms with Crippen molar-refractivity contribution in [3.05, 3.63) is 32.3 Å². The second-order valence-corrected chi connectivity index (χ2v) is 6.26. The number of carbonyl (C=O) groups is 2. The molecule has 7 nitrogen and oxygen atoms in total. The molecule has 3 N–H and O–H groups in total. The number of nitrogens with one attached hydrogen (secondary N) is 1. The maximum absolute atomic E-state index is 12.4. The van der Waals surface area contributed by atoms with Gasteiger partial charge in [0.1, 0.15) is 15.4 Å². The Morgan fingerprint density at radius 1 is 1.41 bits per heavy atom. The van der Waals surface area contributed by atoms with Gasteiger partial charge in [0.15, 0.2) is 0 Å². The van der Waals surface area contributed by atoms with Crippen LogP contribution < -0.4 is 15.8 Å². The molecule has 2 aromatic heterocycles. The third-order valence-corrected chi connectivity index (χ3v) is 4.52. The molecule has 0 aliphatic rings. The molecule has 0 saturated carbocycles. The van der Waals surface area contributed by atoms with Crippen molar-refractivity contribution in [3.63, 3.8) is 0 Å². The highest BCUT2D eigenvalue weighted by atomic mass is 127. The Morgan fingerprint density at radius 3 is 2.77 bits per heavy atom. The van der Waals surface area contributed by atoms with E-state index in [0.717, 1.165) is 11.3 Å². The standard InChI is InChI=1S/C13H12IN3O4S/c1-20-12-9(6(14)3-4-16-12)11(18)17-7-5-8(13(19)21-2)22-10(7)15/h3-5H,15H2,1-2H3,(H,17,18). The number of nitrogens with two attached hydrogens (primary N) is 1. The molecule has 0 aliphatic carbocycles. The first-order valence-electron chi connectivity index (χ1n) is 5.95. The number of nitrogens with zero attached hydrogens (tertiary/aromatic N) is 1. The highest BCUT2D eigenvalue weighted by Gasteiger charge is 2.20. The number of rotatable bonds is 4. The zero-order valence-corrected chi connectivity index (χ0v) is 14.6. The van der Waals surface area contributed by atoms with E-state index in [1.54, 1.807) is 12.3 Å². The highest BCUT2D eigenvalue weighted by Crippen LogP contribution is 2.31. The van der Waals surface area contributed by atoms with Crippen molar-refractivity contribution in [1.82, 2.24) is 4.98 Å². The fourth-order valence-corrected chi connectivity index (χ4v) is 3.11. The quantitative estimate of drug-likeness (QED) is 0.567. The number of esters is 1. The van der Waals surface area contributed by atoms with E-state index >= 15 is 0 Å². The van der Waals surface area contributed by atoms with Crippen LogP contribution >= 0.6 is 33.9 Å². The number of thiophene rings is 1. The summed E-state index contributed by atoms with van der Waals surface area (Å²) in [6, 6.07) is 3.16. The van der Waals surface area contributed by atoms with Gasteiger partial charge in [-0.25, -0.2) is 9.78 Å². The highest BCUT2D eigenvalue weighted by molar-refractivity contribution is 14.1. The topological polar surface area (TPSA) is 104 Å². The Kier molecular flexibility index (Phi) is 5.19. The molecule has 2 aromatic rings. The van der Waals surface area contributed by atoms with Crippen molar-refractivity contribution in [2.24, 2.45) is 0 Å². The van der Waals surface area contributed by atoms with E-state index in [1.807, 2.05) is 22.6 Å². The van der Waals surface area contributed by atoms with E-state index in [9.17, 15) is 9.59 Å². The average molecular weight is 433 g/mol. The lowest BCUT2D eigenvalue weighted by Crippen LogP contribution is -2.15. The summed E-state index contributed by atoms with van der Waals surface area (Å²) in [5.41, 5.74) is 6.46. The summed E-state index contributed by atoms with van der Waals surface area (Å²) in [7, 11) is 2.71. The van der Waals surface area contributed by atoms with Gasteiger partial charge in [0.2, 0.25) is 5.88 Å². The number of halogens is 1. The molecular formula is C13H12IN3O4S. The first-order chi connectivity index (χ1) is 10.5. The minimum atomic E-state index is -0.509. The van der Waals surface area contributed by atoms with Crippen LogP contribution in [0, 0.1) is 3.57 Å². The average Bonchev–Trinajstić information content (AvgIpc) is 2.86. The summed E-state index contributed by atoms with van der Waals surface area (Å²) in [6.07, 6.45) is 1.55. The zero-order valence-electron chi connectivity index (χ0n) is 11.7. The smallest absolute Gasteiger partial charge is 0.348 e. The van der Waals surface area contributed by atoms with Crippen LogP contribution in [0.15, 0.2) is 18.3 Å². The fourth-order valence-electron chi connectivity index (χ4n) is 1.67. The molecule has 0 spiro atoms. The molecule has 1 amide bonds. The largest absolute Gasteiger partial charge is 0.480 e. The monoisotopic (exact) mass is 433 g/mol. The van der Waals surface area contributed by atoms with Crippen molar-refractivity contribution in [2.45, 2.75) is 0 Å². The molecule has 0 unspecified atom stereocenters. The van der Waals surface area contributed by atoms with Gasteiger partial charge >= 0.3 is 5.97 Å². The number of hydrogen-bond acceptors (Lipinski definition) is 7. The van der Waals surface area contributed by atoms with Gasteiger partial charge in [-0.3, -0.25) is 4.79 Å². The molecule has 2 heterocycles. The lowest BCUT2D eigenvalue weighted by Gasteiger charge is -2.09. The van der Waals surface area contributed by atoms with Crippen LogP contribution in [0.25, 0.3) is 0 Å². The van der Waals surface area contributed by atoms with Gasteiger partial charge in [0.05, 0.1) is 19.9 Å². The predicted octanol–water partition coefficient (Wildman–Crippen LogP) is 2.38. The van der Waals surface area contributed by atoms with Crippen LogP contribution in [0.1, 0.15) is 20.0 Å². The molecular weight excluding hydrogens is 421 g/mol. The van der Waals surface area contributed by atoms with Crippen LogP contribution in [0.4, 0.5) is 10.7 Å². The maximum atomic E-state index is 12.4. The number of methoxy groups -OCH3 is 2. The lowest BCUT2D eigenvalue weighted by molar-refractivity contribution is 0.0606. The third-order valence-electron chi connectivity index (χ3n) is 2.68. The minimum absolute atomic E-state index is 0.214. The van der Waals surface area contributed by atoms with Gasteiger partial charge < -0.3 is 20.5 Å². The number of carbonyl (C=O) groups excluding carboxylic acids is 2. The van der Waals surface area contributed by atoms with Gasteiger partial charge in [0.25, 0.3) is 5.91 Å². The first kappa shape index (κ1) is 16.5. The first-order valence-corrected chi connectivity index (χ1v) is 7.85. The van der Waals surface area contributed by atoms with Crippen molar-refractivity contribution in [1.29, 1.82) is 0 Å². The second-order valence-electron chi connectivity index (χ2n) is 4.01. The second kappa shape index (κ2) is 6.92. The lowest BCUT2D eigenvalue weighted by atomic mass is 10.2. The zero-order chi connectivity index (χ0) is 16.3. The molecule has 9 heteroatoms. The van der Waals surface area contributed by atoms with Crippen molar-refractivity contribution in [2.75, 3.05) is 25.3 Å². The molecule has 0 bridgehead atoms. The number of anilines is 2. The van der Waals surface area contributed by atoms with E-state index in [0.29, 0.717) is 24.7 Å². The summed E-state index contributed by atoms with van der Waals surface area (Å²) in [6.45, 7) is 0. The Hall–Kier alpha value is -1.88. The summed E-state index contributed by atoms with van der Waals surface area (Å²) < 4.78 is 10.4. The van der Waals surface area contributed by atoms with Gasteiger partial charge in [-0.05, 0) is 34.7 Å². The van der Waals surface area contributed by atoms with Crippen LogP contribution in [0.5, 0.6) is 5.88 Å². The summed E-state index contributed by atoms with van der Waals surface area (Å²) in [5, 5.41) is 2.97. The molecule has 116 valence electrons. The van der Waals surface area contributed by atoms with Crippen LogP contribution in [0.2, 0.25) is 0 Å². The number of nitrogen functional groups attached to an aromatic ring is 1. The van der Waals surface area contributed by atoms with E-state index in [-0.39, 0.29) is 5.88 Å². The molecule has 22 heavy (non-hydrogen) atoms. The maximum Gasteiger partial charge on any atom is 0.348 e. The molecule has 0 aromatic carbocycles. The van der Waals surface area contributed by atoms with Crippen molar-refractivity contribution >= 4 is 56.5 Å². The van der Waals surface area contributed by atoms with Crippen LogP contribution in [-0.2, 0) is 4.74 Å². The van der Waals surface area contributed by atoms with E-state index in [1.165, 1.54) is 20.3 Å². The van der Waals surface area contributed by atoms with Crippen molar-refractivity contribution in [3.8, 4) is 5.88 Å². The number of hydrogen-bond donors (Lipinski definition) is 2. The Bertz CT molecular complexity index is 732. The molecule has 0 saturated heterocycles. The van der Waals surface area contributed by atoms with Gasteiger partial charge in [-0.2, -0.15) is 0 Å². The molecule has 0 atom stereocenters. The normalized spacial score (nSPS) is 10.1.